The van der Waals surface area contributed by atoms with Crippen LogP contribution in [0.5, 0.6) is 0 Å². The molecule has 24 heavy (non-hydrogen) atoms. The fraction of sp³-hybridized carbons (Fsp3) is 0.706. The molecule has 0 saturated carbocycles. The Morgan fingerprint density at radius 3 is 2.29 bits per heavy atom. The van der Waals surface area contributed by atoms with Crippen LogP contribution in [0.15, 0.2) is 6.20 Å². The molecule has 0 unspecified atom stereocenters. The summed E-state index contributed by atoms with van der Waals surface area (Å²) in [6.07, 6.45) is 3.43. The highest BCUT2D eigenvalue weighted by Crippen LogP contribution is 2.37. The Hall–Kier alpha value is -1.89. The van der Waals surface area contributed by atoms with E-state index in [1.807, 2.05) is 32.5 Å². The molecule has 2 fully saturated rings. The predicted molar refractivity (Wildman–Crippen MR) is 90.3 cm³/mol. The van der Waals surface area contributed by atoms with Gasteiger partial charge in [0.2, 0.25) is 0 Å². The molecule has 132 valence electrons. The van der Waals surface area contributed by atoms with E-state index in [9.17, 15) is 9.59 Å². The standard InChI is InChI=1S/C17H27N5O2/c1-12(2)22-15(23)17(20(5)16(22)24)6-8-21(9-7-17)11-14-10-19(4)18-13(14)3/h10,12H,6-9,11H2,1-5H3. The monoisotopic (exact) mass is 333 g/mol. The maximum Gasteiger partial charge on any atom is 0.327 e. The van der Waals surface area contributed by atoms with Crippen molar-refractivity contribution < 1.29 is 9.59 Å². The Bertz CT molecular complexity index is 658. The van der Waals surface area contributed by atoms with Crippen LogP contribution in [0, 0.1) is 6.92 Å². The zero-order valence-electron chi connectivity index (χ0n) is 15.2. The summed E-state index contributed by atoms with van der Waals surface area (Å²) in [5, 5.41) is 4.39. The van der Waals surface area contributed by atoms with Crippen molar-refractivity contribution in [3.8, 4) is 0 Å². The number of rotatable bonds is 3. The number of amides is 3. The number of aromatic nitrogens is 2. The van der Waals surface area contributed by atoms with Gasteiger partial charge < -0.3 is 4.90 Å². The van der Waals surface area contributed by atoms with Gasteiger partial charge in [-0.2, -0.15) is 5.10 Å². The predicted octanol–water partition coefficient (Wildman–Crippen LogP) is 1.37. The van der Waals surface area contributed by atoms with Crippen molar-refractivity contribution in [2.75, 3.05) is 20.1 Å². The normalized spacial score (nSPS) is 21.6. The van der Waals surface area contributed by atoms with Crippen molar-refractivity contribution in [2.45, 2.75) is 51.7 Å². The Morgan fingerprint density at radius 2 is 1.83 bits per heavy atom. The van der Waals surface area contributed by atoms with Gasteiger partial charge in [0, 0.05) is 51.5 Å². The van der Waals surface area contributed by atoms with Crippen LogP contribution in [0.2, 0.25) is 0 Å². The lowest BCUT2D eigenvalue weighted by molar-refractivity contribution is -0.136. The highest BCUT2D eigenvalue weighted by Gasteiger charge is 2.56. The van der Waals surface area contributed by atoms with E-state index in [0.717, 1.165) is 25.3 Å². The SMILES string of the molecule is Cc1nn(C)cc1CN1CCC2(CC1)C(=O)N(C(C)C)C(=O)N2C. The van der Waals surface area contributed by atoms with Gasteiger partial charge in [0.15, 0.2) is 0 Å². The molecule has 0 aliphatic carbocycles. The summed E-state index contributed by atoms with van der Waals surface area (Å²) >= 11 is 0. The molecule has 2 saturated heterocycles. The van der Waals surface area contributed by atoms with Gasteiger partial charge in [0.05, 0.1) is 5.69 Å². The second-order valence-corrected chi connectivity index (χ2v) is 7.33. The number of aryl methyl sites for hydroxylation is 2. The van der Waals surface area contributed by atoms with E-state index in [2.05, 4.69) is 16.2 Å². The molecule has 1 spiro atoms. The van der Waals surface area contributed by atoms with Gasteiger partial charge in [-0.05, 0) is 33.6 Å². The van der Waals surface area contributed by atoms with Gasteiger partial charge in [-0.1, -0.05) is 0 Å². The van der Waals surface area contributed by atoms with Crippen LogP contribution in [-0.2, 0) is 18.4 Å². The third-order valence-corrected chi connectivity index (χ3v) is 5.46. The Morgan fingerprint density at radius 1 is 1.21 bits per heavy atom. The molecule has 1 aromatic heterocycles. The first-order valence-corrected chi connectivity index (χ1v) is 8.59. The zero-order valence-corrected chi connectivity index (χ0v) is 15.2. The molecule has 0 aromatic carbocycles. The smallest absolute Gasteiger partial charge is 0.312 e. The summed E-state index contributed by atoms with van der Waals surface area (Å²) in [6, 6.07) is -0.255. The molecule has 3 heterocycles. The number of likely N-dealkylation sites (tertiary alicyclic amines) is 1. The first-order valence-electron chi connectivity index (χ1n) is 8.59. The number of piperidine rings is 1. The molecule has 3 amide bonds. The number of hydrogen-bond donors (Lipinski definition) is 0. The molecule has 0 N–H and O–H groups in total. The van der Waals surface area contributed by atoms with Crippen LogP contribution >= 0.6 is 0 Å². The minimum atomic E-state index is -0.651. The van der Waals surface area contributed by atoms with Crippen LogP contribution in [0.1, 0.15) is 37.9 Å². The topological polar surface area (TPSA) is 61.7 Å². The van der Waals surface area contributed by atoms with Crippen molar-refractivity contribution in [3.63, 3.8) is 0 Å². The van der Waals surface area contributed by atoms with E-state index >= 15 is 0 Å². The molecule has 0 radical (unpaired) electrons. The van der Waals surface area contributed by atoms with Crippen LogP contribution < -0.4 is 0 Å². The van der Waals surface area contributed by atoms with Gasteiger partial charge in [-0.15, -0.1) is 0 Å². The summed E-state index contributed by atoms with van der Waals surface area (Å²) in [4.78, 5) is 30.8. The molecule has 2 aliphatic heterocycles. The highest BCUT2D eigenvalue weighted by atomic mass is 16.2. The minimum Gasteiger partial charge on any atom is -0.312 e. The molecular formula is C17H27N5O2. The Balaban J connectivity index is 1.71. The van der Waals surface area contributed by atoms with Crippen molar-refractivity contribution in [3.05, 3.63) is 17.5 Å². The number of hydrogen-bond acceptors (Lipinski definition) is 4. The fourth-order valence-corrected chi connectivity index (χ4v) is 3.93. The van der Waals surface area contributed by atoms with E-state index in [1.54, 1.807) is 11.9 Å². The Labute approximate surface area is 143 Å². The number of likely N-dealkylation sites (N-methyl/N-ethyl adjacent to an activating group) is 1. The molecule has 0 atom stereocenters. The molecule has 7 nitrogen and oxygen atoms in total. The first-order chi connectivity index (χ1) is 11.3. The van der Waals surface area contributed by atoms with E-state index in [4.69, 9.17) is 0 Å². The third-order valence-electron chi connectivity index (χ3n) is 5.46. The van der Waals surface area contributed by atoms with Crippen LogP contribution in [-0.4, -0.2) is 68.1 Å². The van der Waals surface area contributed by atoms with E-state index in [-0.39, 0.29) is 18.0 Å². The second kappa shape index (κ2) is 5.88. The number of nitrogens with zero attached hydrogens (tertiary/aromatic N) is 5. The molecule has 1 aromatic rings. The fourth-order valence-electron chi connectivity index (χ4n) is 3.93. The third kappa shape index (κ3) is 2.51. The Kier molecular flexibility index (Phi) is 4.15. The number of carbonyl (C=O) groups is 2. The highest BCUT2D eigenvalue weighted by molar-refractivity contribution is 6.07. The lowest BCUT2D eigenvalue weighted by Crippen LogP contribution is -2.55. The van der Waals surface area contributed by atoms with Crippen molar-refractivity contribution >= 4 is 11.9 Å². The van der Waals surface area contributed by atoms with Gasteiger partial charge in [-0.3, -0.25) is 19.3 Å². The van der Waals surface area contributed by atoms with Crippen LogP contribution in [0.25, 0.3) is 0 Å². The molecule has 0 bridgehead atoms. The zero-order chi connectivity index (χ0) is 17.6. The maximum atomic E-state index is 12.9. The van der Waals surface area contributed by atoms with Crippen molar-refractivity contribution in [1.29, 1.82) is 0 Å². The minimum absolute atomic E-state index is 0.0257. The van der Waals surface area contributed by atoms with Gasteiger partial charge >= 0.3 is 6.03 Å². The number of imide groups is 1. The van der Waals surface area contributed by atoms with Crippen molar-refractivity contribution in [2.24, 2.45) is 7.05 Å². The summed E-state index contributed by atoms with van der Waals surface area (Å²) in [7, 11) is 3.70. The molecule has 3 rings (SSSR count). The average Bonchev–Trinajstić information content (AvgIpc) is 2.92. The number of urea groups is 1. The largest absolute Gasteiger partial charge is 0.327 e. The maximum absolute atomic E-state index is 12.9. The van der Waals surface area contributed by atoms with Gasteiger partial charge in [0.25, 0.3) is 5.91 Å². The van der Waals surface area contributed by atoms with E-state index in [0.29, 0.717) is 12.8 Å². The summed E-state index contributed by atoms with van der Waals surface area (Å²) in [6.45, 7) is 8.27. The van der Waals surface area contributed by atoms with Crippen LogP contribution in [0.3, 0.4) is 0 Å². The van der Waals surface area contributed by atoms with Gasteiger partial charge in [0.1, 0.15) is 5.54 Å². The summed E-state index contributed by atoms with van der Waals surface area (Å²) < 4.78 is 1.84. The summed E-state index contributed by atoms with van der Waals surface area (Å²) in [5.41, 5.74) is 1.62. The first kappa shape index (κ1) is 17.0. The van der Waals surface area contributed by atoms with Gasteiger partial charge in [-0.25, -0.2) is 4.79 Å². The molecular weight excluding hydrogens is 306 g/mol. The van der Waals surface area contributed by atoms with Crippen molar-refractivity contribution in [1.82, 2.24) is 24.5 Å². The summed E-state index contributed by atoms with van der Waals surface area (Å²) in [5.74, 6) is -0.0257. The molecule has 2 aliphatic rings. The van der Waals surface area contributed by atoms with E-state index < -0.39 is 5.54 Å². The quantitative estimate of drug-likeness (QED) is 0.784. The van der Waals surface area contributed by atoms with Crippen LogP contribution in [0.4, 0.5) is 4.79 Å². The number of carbonyl (C=O) groups excluding carboxylic acids is 2. The molecule has 7 heteroatoms. The lowest BCUT2D eigenvalue weighted by Gasteiger charge is -2.40. The lowest BCUT2D eigenvalue weighted by atomic mass is 9.86. The average molecular weight is 333 g/mol. The second-order valence-electron chi connectivity index (χ2n) is 7.33. The van der Waals surface area contributed by atoms with E-state index in [1.165, 1.54) is 10.5 Å².